The summed E-state index contributed by atoms with van der Waals surface area (Å²) in [5, 5.41) is 8.07. The highest BCUT2D eigenvalue weighted by Crippen LogP contribution is 2.25. The zero-order valence-electron chi connectivity index (χ0n) is 17.5. The molecule has 4 aromatic rings. The van der Waals surface area contributed by atoms with Gasteiger partial charge in [-0.3, -0.25) is 4.79 Å². The summed E-state index contributed by atoms with van der Waals surface area (Å²) < 4.78 is 1.84. The number of amides is 1. The number of carbonyl (C=O) groups is 1. The third-order valence-corrected chi connectivity index (χ3v) is 4.85. The highest BCUT2D eigenvalue weighted by atomic mass is 16.1. The Morgan fingerprint density at radius 2 is 1.70 bits per heavy atom. The van der Waals surface area contributed by atoms with Crippen LogP contribution in [0.3, 0.4) is 0 Å². The summed E-state index contributed by atoms with van der Waals surface area (Å²) in [6.07, 6.45) is 4.94. The predicted molar refractivity (Wildman–Crippen MR) is 117 cm³/mol. The molecule has 1 aromatic carbocycles. The van der Waals surface area contributed by atoms with Crippen LogP contribution in [0.25, 0.3) is 22.4 Å². The fourth-order valence-corrected chi connectivity index (χ4v) is 3.23. The van der Waals surface area contributed by atoms with E-state index in [1.165, 1.54) is 0 Å². The van der Waals surface area contributed by atoms with Gasteiger partial charge in [0.2, 0.25) is 0 Å². The van der Waals surface area contributed by atoms with Gasteiger partial charge in [-0.05, 0) is 25.8 Å². The molecule has 1 N–H and O–H groups in total. The molecule has 152 valence electrons. The summed E-state index contributed by atoms with van der Waals surface area (Å²) in [6.45, 7) is 8.20. The van der Waals surface area contributed by atoms with Crippen molar-refractivity contribution in [1.82, 2.24) is 24.7 Å². The molecular formula is C23H24N6O. The molecule has 0 aliphatic rings. The standard InChI is InChI=1S/C23H24N6O/c1-14(2)20-10-18(19-13-26-29(15(3)4)22(19)28-20)23(30)27-17-11-24-21(25-12-17)16-8-6-5-7-9-16/h5-15H,1-4H3,(H,27,30). The molecule has 0 atom stereocenters. The van der Waals surface area contributed by atoms with Gasteiger partial charge in [0.05, 0.1) is 35.2 Å². The van der Waals surface area contributed by atoms with Gasteiger partial charge in [0.15, 0.2) is 11.5 Å². The Balaban J connectivity index is 1.66. The smallest absolute Gasteiger partial charge is 0.256 e. The second-order valence-corrected chi connectivity index (χ2v) is 7.79. The molecule has 3 heterocycles. The number of anilines is 1. The van der Waals surface area contributed by atoms with E-state index in [1.54, 1.807) is 18.6 Å². The number of hydrogen-bond acceptors (Lipinski definition) is 5. The van der Waals surface area contributed by atoms with E-state index < -0.39 is 0 Å². The monoisotopic (exact) mass is 400 g/mol. The van der Waals surface area contributed by atoms with Gasteiger partial charge in [0.25, 0.3) is 5.91 Å². The Morgan fingerprint density at radius 1 is 1.00 bits per heavy atom. The summed E-state index contributed by atoms with van der Waals surface area (Å²) in [6, 6.07) is 11.7. The van der Waals surface area contributed by atoms with Crippen molar-refractivity contribution in [3.05, 3.63) is 66.2 Å². The number of fused-ring (bicyclic) bond motifs is 1. The number of aromatic nitrogens is 5. The first-order valence-electron chi connectivity index (χ1n) is 10.0. The van der Waals surface area contributed by atoms with Crippen LogP contribution in [-0.4, -0.2) is 30.6 Å². The topological polar surface area (TPSA) is 85.6 Å². The first kappa shape index (κ1) is 19.7. The van der Waals surface area contributed by atoms with Gasteiger partial charge >= 0.3 is 0 Å². The van der Waals surface area contributed by atoms with E-state index in [-0.39, 0.29) is 17.9 Å². The molecule has 7 heteroatoms. The van der Waals surface area contributed by atoms with Crippen LogP contribution in [0, 0.1) is 0 Å². The van der Waals surface area contributed by atoms with Crippen LogP contribution in [0.1, 0.15) is 55.7 Å². The van der Waals surface area contributed by atoms with Crippen LogP contribution in [0.5, 0.6) is 0 Å². The second-order valence-electron chi connectivity index (χ2n) is 7.79. The SMILES string of the molecule is CC(C)c1cc(C(=O)Nc2cnc(-c3ccccc3)nc2)c2cnn(C(C)C)c2n1. The lowest BCUT2D eigenvalue weighted by Gasteiger charge is -2.12. The van der Waals surface area contributed by atoms with Crippen LogP contribution in [-0.2, 0) is 0 Å². The third-order valence-electron chi connectivity index (χ3n) is 4.85. The Hall–Kier alpha value is -3.61. The minimum Gasteiger partial charge on any atom is -0.319 e. The van der Waals surface area contributed by atoms with Crippen molar-refractivity contribution in [2.24, 2.45) is 0 Å². The molecule has 7 nitrogen and oxygen atoms in total. The van der Waals surface area contributed by atoms with Crippen molar-refractivity contribution in [1.29, 1.82) is 0 Å². The second kappa shape index (κ2) is 8.02. The number of carbonyl (C=O) groups excluding carboxylic acids is 1. The van der Waals surface area contributed by atoms with E-state index in [0.717, 1.165) is 22.3 Å². The molecule has 0 aliphatic heterocycles. The minimum atomic E-state index is -0.233. The largest absolute Gasteiger partial charge is 0.319 e. The number of rotatable bonds is 5. The molecule has 0 unspecified atom stereocenters. The van der Waals surface area contributed by atoms with Gasteiger partial charge in [-0.1, -0.05) is 44.2 Å². The number of benzene rings is 1. The Morgan fingerprint density at radius 3 is 2.33 bits per heavy atom. The van der Waals surface area contributed by atoms with Gasteiger partial charge in [0.1, 0.15) is 0 Å². The Labute approximate surface area is 175 Å². The van der Waals surface area contributed by atoms with E-state index >= 15 is 0 Å². The molecule has 3 aromatic heterocycles. The summed E-state index contributed by atoms with van der Waals surface area (Å²) in [7, 11) is 0. The van der Waals surface area contributed by atoms with Gasteiger partial charge in [0, 0.05) is 17.3 Å². The van der Waals surface area contributed by atoms with Crippen molar-refractivity contribution in [2.45, 2.75) is 39.7 Å². The van der Waals surface area contributed by atoms with Crippen LogP contribution < -0.4 is 5.32 Å². The van der Waals surface area contributed by atoms with Crippen LogP contribution >= 0.6 is 0 Å². The van der Waals surface area contributed by atoms with Gasteiger partial charge in [-0.15, -0.1) is 0 Å². The Kier molecular flexibility index (Phi) is 5.27. The average Bonchev–Trinajstić information content (AvgIpc) is 3.18. The van der Waals surface area contributed by atoms with Crippen LogP contribution in [0.4, 0.5) is 5.69 Å². The normalized spacial score (nSPS) is 11.4. The molecule has 0 bridgehead atoms. The summed E-state index contributed by atoms with van der Waals surface area (Å²) >= 11 is 0. The molecule has 0 saturated carbocycles. The van der Waals surface area contributed by atoms with E-state index in [4.69, 9.17) is 4.98 Å². The van der Waals surface area contributed by atoms with E-state index in [0.29, 0.717) is 17.1 Å². The van der Waals surface area contributed by atoms with E-state index in [2.05, 4.69) is 34.2 Å². The van der Waals surface area contributed by atoms with Crippen molar-refractivity contribution < 1.29 is 4.79 Å². The van der Waals surface area contributed by atoms with Crippen molar-refractivity contribution in [3.8, 4) is 11.4 Å². The highest BCUT2D eigenvalue weighted by Gasteiger charge is 2.19. The molecular weight excluding hydrogens is 376 g/mol. The maximum absolute atomic E-state index is 13.1. The maximum Gasteiger partial charge on any atom is 0.256 e. The van der Waals surface area contributed by atoms with Gasteiger partial charge in [-0.2, -0.15) is 5.10 Å². The zero-order chi connectivity index (χ0) is 21.3. The Bertz CT molecular complexity index is 1180. The molecule has 1 amide bonds. The van der Waals surface area contributed by atoms with Crippen LogP contribution in [0.2, 0.25) is 0 Å². The average molecular weight is 400 g/mol. The van der Waals surface area contributed by atoms with Crippen LogP contribution in [0.15, 0.2) is 55.0 Å². The van der Waals surface area contributed by atoms with Crippen molar-refractivity contribution in [2.75, 3.05) is 5.32 Å². The van der Waals surface area contributed by atoms with E-state index in [9.17, 15) is 4.79 Å². The fraction of sp³-hybridized carbons (Fsp3) is 0.261. The molecule has 0 aliphatic carbocycles. The minimum absolute atomic E-state index is 0.146. The van der Waals surface area contributed by atoms with E-state index in [1.807, 2.05) is 54.9 Å². The third kappa shape index (κ3) is 3.78. The lowest BCUT2D eigenvalue weighted by Crippen LogP contribution is -2.14. The molecule has 0 saturated heterocycles. The first-order valence-corrected chi connectivity index (χ1v) is 10.0. The number of nitrogens with one attached hydrogen (secondary N) is 1. The maximum atomic E-state index is 13.1. The first-order chi connectivity index (χ1) is 14.4. The van der Waals surface area contributed by atoms with Crippen molar-refractivity contribution >= 4 is 22.6 Å². The highest BCUT2D eigenvalue weighted by molar-refractivity contribution is 6.12. The number of pyridine rings is 1. The molecule has 4 rings (SSSR count). The quantitative estimate of drug-likeness (QED) is 0.518. The lowest BCUT2D eigenvalue weighted by atomic mass is 10.0. The van der Waals surface area contributed by atoms with Crippen molar-refractivity contribution in [3.63, 3.8) is 0 Å². The summed E-state index contributed by atoms with van der Waals surface area (Å²) in [5.74, 6) is 0.564. The molecule has 0 spiro atoms. The summed E-state index contributed by atoms with van der Waals surface area (Å²) in [5.41, 5.74) is 3.58. The molecule has 0 fully saturated rings. The zero-order valence-corrected chi connectivity index (χ0v) is 17.5. The predicted octanol–water partition coefficient (Wildman–Crippen LogP) is 4.84. The van der Waals surface area contributed by atoms with Gasteiger partial charge < -0.3 is 5.32 Å². The fourth-order valence-electron chi connectivity index (χ4n) is 3.23. The summed E-state index contributed by atoms with van der Waals surface area (Å²) in [4.78, 5) is 26.6. The molecule has 30 heavy (non-hydrogen) atoms. The lowest BCUT2D eigenvalue weighted by molar-refractivity contribution is 0.102. The number of nitrogens with zero attached hydrogens (tertiary/aromatic N) is 5. The van der Waals surface area contributed by atoms with Gasteiger partial charge in [-0.25, -0.2) is 19.6 Å². The number of hydrogen-bond donors (Lipinski definition) is 1. The molecule has 0 radical (unpaired) electrons.